The highest BCUT2D eigenvalue weighted by Crippen LogP contribution is 2.01. The van der Waals surface area contributed by atoms with Crippen LogP contribution in [-0.2, 0) is 0 Å². The maximum absolute atomic E-state index is 5.58. The van der Waals surface area contributed by atoms with Crippen LogP contribution in [0.3, 0.4) is 0 Å². The molecule has 0 radical (unpaired) electrons. The fourth-order valence-electron chi connectivity index (χ4n) is 0.732. The average molecular weight is 184 g/mol. The molecule has 0 aromatic rings. The molecule has 3 heteroatoms. The largest absolute Gasteiger partial charge is 0.302 e. The highest BCUT2D eigenvalue weighted by Gasteiger charge is 2.05. The number of hydrogen-bond acceptors (Lipinski definition) is 1. The predicted octanol–water partition coefficient (Wildman–Crippen LogP) is 2.17. The Labute approximate surface area is 73.3 Å². The molecule has 0 saturated carbocycles. The van der Waals surface area contributed by atoms with E-state index in [4.69, 9.17) is 23.2 Å². The highest BCUT2D eigenvalue weighted by molar-refractivity contribution is 6.18. The first-order valence-corrected chi connectivity index (χ1v) is 4.61. The van der Waals surface area contributed by atoms with Crippen LogP contribution in [0.15, 0.2) is 0 Å². The van der Waals surface area contributed by atoms with Crippen molar-refractivity contribution >= 4 is 23.2 Å². The van der Waals surface area contributed by atoms with Crippen LogP contribution in [0.5, 0.6) is 0 Å². The van der Waals surface area contributed by atoms with Crippen molar-refractivity contribution in [2.24, 2.45) is 0 Å². The first-order chi connectivity index (χ1) is 4.72. The molecule has 0 aromatic heterocycles. The Bertz CT molecular complexity index is 68.0. The van der Waals surface area contributed by atoms with Gasteiger partial charge >= 0.3 is 0 Å². The summed E-state index contributed by atoms with van der Waals surface area (Å²) in [6, 6.07) is 0.552. The lowest BCUT2D eigenvalue weighted by Crippen LogP contribution is -2.30. The molecule has 0 aliphatic carbocycles. The molecule has 0 N–H and O–H groups in total. The minimum absolute atomic E-state index is 0.552. The van der Waals surface area contributed by atoms with Gasteiger partial charge in [-0.15, -0.1) is 23.2 Å². The summed E-state index contributed by atoms with van der Waals surface area (Å²) >= 11 is 11.1. The molecule has 0 saturated heterocycles. The van der Waals surface area contributed by atoms with Gasteiger partial charge in [0.05, 0.1) is 0 Å². The van der Waals surface area contributed by atoms with Crippen LogP contribution in [0, 0.1) is 0 Å². The molecule has 1 atom stereocenters. The fraction of sp³-hybridized carbons (Fsp3) is 1.00. The van der Waals surface area contributed by atoms with E-state index in [1.54, 1.807) is 0 Å². The molecule has 0 spiro atoms. The van der Waals surface area contributed by atoms with Crippen LogP contribution in [0.4, 0.5) is 0 Å². The van der Waals surface area contributed by atoms with Gasteiger partial charge in [0.15, 0.2) is 0 Å². The molecule has 62 valence electrons. The summed E-state index contributed by atoms with van der Waals surface area (Å²) in [5.74, 6) is 1.43. The summed E-state index contributed by atoms with van der Waals surface area (Å²) in [6.07, 6.45) is 1.04. The third-order valence-corrected chi connectivity index (χ3v) is 2.10. The Kier molecular flexibility index (Phi) is 6.60. The van der Waals surface area contributed by atoms with Crippen LogP contribution >= 0.6 is 23.2 Å². The summed E-state index contributed by atoms with van der Waals surface area (Å²) in [6.45, 7) is 3.11. The van der Waals surface area contributed by atoms with Gasteiger partial charge in [-0.2, -0.15) is 0 Å². The molecular formula is C7H15Cl2N. The molecule has 0 heterocycles. The lowest BCUT2D eigenvalue weighted by molar-refractivity contribution is 0.267. The van der Waals surface area contributed by atoms with Crippen molar-refractivity contribution < 1.29 is 0 Å². The van der Waals surface area contributed by atoms with Crippen LogP contribution in [-0.4, -0.2) is 36.3 Å². The van der Waals surface area contributed by atoms with Crippen LogP contribution in [0.1, 0.15) is 13.3 Å². The van der Waals surface area contributed by atoms with Crippen LogP contribution in [0.25, 0.3) is 0 Å². The van der Waals surface area contributed by atoms with Gasteiger partial charge < -0.3 is 4.90 Å². The Hall–Kier alpha value is 0.540. The maximum atomic E-state index is 5.58. The summed E-state index contributed by atoms with van der Waals surface area (Å²) in [5.41, 5.74) is 0. The van der Waals surface area contributed by atoms with Crippen molar-refractivity contribution in [2.75, 3.05) is 25.4 Å². The van der Waals surface area contributed by atoms with Gasteiger partial charge in [-0.05, 0) is 20.4 Å². The Morgan fingerprint density at radius 3 is 2.30 bits per heavy atom. The third-order valence-electron chi connectivity index (χ3n) is 1.72. The van der Waals surface area contributed by atoms with Gasteiger partial charge in [0.1, 0.15) is 0 Å². The van der Waals surface area contributed by atoms with Crippen LogP contribution < -0.4 is 0 Å². The van der Waals surface area contributed by atoms with Gasteiger partial charge in [-0.25, -0.2) is 0 Å². The van der Waals surface area contributed by atoms with Crippen molar-refractivity contribution in [3.63, 3.8) is 0 Å². The normalized spacial score (nSPS) is 14.1. The molecule has 0 fully saturated rings. The van der Waals surface area contributed by atoms with Gasteiger partial charge in [0, 0.05) is 24.3 Å². The smallest absolute Gasteiger partial charge is 0.0351 e. The average Bonchev–Trinajstić information content (AvgIpc) is 1.89. The third kappa shape index (κ3) is 4.37. The second-order valence-electron chi connectivity index (χ2n) is 2.50. The molecule has 1 nitrogen and oxygen atoms in total. The second kappa shape index (κ2) is 6.26. The van der Waals surface area contributed by atoms with Crippen molar-refractivity contribution in [1.82, 2.24) is 4.90 Å². The summed E-state index contributed by atoms with van der Waals surface area (Å²) < 4.78 is 0. The zero-order valence-electron chi connectivity index (χ0n) is 6.61. The molecule has 0 amide bonds. The summed E-state index contributed by atoms with van der Waals surface area (Å²) in [4.78, 5) is 2.22. The second-order valence-corrected chi connectivity index (χ2v) is 3.25. The minimum Gasteiger partial charge on any atom is -0.302 e. The Morgan fingerprint density at radius 1 is 1.30 bits per heavy atom. The molecule has 0 aromatic carbocycles. The van der Waals surface area contributed by atoms with E-state index in [2.05, 4.69) is 18.9 Å². The predicted molar refractivity (Wildman–Crippen MR) is 48.1 cm³/mol. The number of halogens is 2. The molecule has 0 bridgehead atoms. The van der Waals surface area contributed by atoms with E-state index in [-0.39, 0.29) is 0 Å². The number of nitrogens with zero attached hydrogens (tertiary/aromatic N) is 1. The van der Waals surface area contributed by atoms with Gasteiger partial charge in [0.2, 0.25) is 0 Å². The minimum atomic E-state index is 0.552. The van der Waals surface area contributed by atoms with E-state index in [1.165, 1.54) is 0 Å². The number of rotatable bonds is 5. The fourth-order valence-corrected chi connectivity index (χ4v) is 1.31. The van der Waals surface area contributed by atoms with Gasteiger partial charge in [-0.3, -0.25) is 0 Å². The number of alkyl halides is 2. The van der Waals surface area contributed by atoms with Crippen molar-refractivity contribution in [1.29, 1.82) is 0 Å². The Balaban J connectivity index is 3.38. The zero-order chi connectivity index (χ0) is 7.98. The highest BCUT2D eigenvalue weighted by atomic mass is 35.5. The Morgan fingerprint density at radius 2 is 1.90 bits per heavy atom. The van der Waals surface area contributed by atoms with Gasteiger partial charge in [0.25, 0.3) is 0 Å². The maximum Gasteiger partial charge on any atom is 0.0351 e. The first-order valence-electron chi connectivity index (χ1n) is 3.54. The van der Waals surface area contributed by atoms with Crippen molar-refractivity contribution in [2.45, 2.75) is 19.4 Å². The van der Waals surface area contributed by atoms with E-state index in [9.17, 15) is 0 Å². The molecule has 0 rings (SSSR count). The van der Waals surface area contributed by atoms with Gasteiger partial charge in [-0.1, -0.05) is 0 Å². The van der Waals surface area contributed by atoms with E-state index < -0.39 is 0 Å². The van der Waals surface area contributed by atoms with Crippen molar-refractivity contribution in [3.8, 4) is 0 Å². The van der Waals surface area contributed by atoms with E-state index >= 15 is 0 Å². The number of hydrogen-bond donors (Lipinski definition) is 0. The topological polar surface area (TPSA) is 3.24 Å². The lowest BCUT2D eigenvalue weighted by atomic mass is 10.2. The quantitative estimate of drug-likeness (QED) is 0.592. The van der Waals surface area contributed by atoms with Crippen molar-refractivity contribution in [3.05, 3.63) is 0 Å². The SMILES string of the molecule is CC(CCCl)N(C)CCCl. The molecule has 0 aliphatic rings. The molecule has 10 heavy (non-hydrogen) atoms. The van der Waals surface area contributed by atoms with E-state index in [0.29, 0.717) is 11.9 Å². The first kappa shape index (κ1) is 10.5. The monoisotopic (exact) mass is 183 g/mol. The lowest BCUT2D eigenvalue weighted by Gasteiger charge is -2.22. The molecule has 1 unspecified atom stereocenters. The van der Waals surface area contributed by atoms with E-state index in [1.807, 2.05) is 0 Å². The van der Waals surface area contributed by atoms with Crippen LogP contribution in [0.2, 0.25) is 0 Å². The molecule has 0 aliphatic heterocycles. The van der Waals surface area contributed by atoms with E-state index in [0.717, 1.165) is 18.8 Å². The summed E-state index contributed by atoms with van der Waals surface area (Å²) in [7, 11) is 2.07. The summed E-state index contributed by atoms with van der Waals surface area (Å²) in [5, 5.41) is 0. The standard InChI is InChI=1S/C7H15Cl2N/c1-7(3-4-8)10(2)6-5-9/h7H,3-6H2,1-2H3. The molecular weight excluding hydrogens is 169 g/mol. The zero-order valence-corrected chi connectivity index (χ0v) is 8.12.